The van der Waals surface area contributed by atoms with Gasteiger partial charge in [-0.3, -0.25) is 14.2 Å². The van der Waals surface area contributed by atoms with Crippen LogP contribution >= 0.6 is 15.9 Å². The van der Waals surface area contributed by atoms with E-state index in [2.05, 4.69) is 20.8 Å². The number of hydrogen-bond donors (Lipinski definition) is 1. The van der Waals surface area contributed by atoms with Crippen LogP contribution in [-0.4, -0.2) is 66.7 Å². The maximum Gasteiger partial charge on any atom is 0.265 e. The lowest BCUT2D eigenvalue weighted by Crippen LogP contribution is -2.54. The lowest BCUT2D eigenvalue weighted by atomic mass is 10.1. The molecule has 2 aromatic carbocycles. The van der Waals surface area contributed by atoms with E-state index in [1.165, 1.54) is 6.07 Å². The van der Waals surface area contributed by atoms with Gasteiger partial charge in [0.25, 0.3) is 16.0 Å². The Balaban J connectivity index is 1.56. The van der Waals surface area contributed by atoms with Crippen LogP contribution < -0.4 is 4.74 Å². The first-order chi connectivity index (χ1) is 15.5. The Hall–Kier alpha value is -2.08. The zero-order valence-electron chi connectivity index (χ0n) is 18.0. The molecule has 1 fully saturated rings. The van der Waals surface area contributed by atoms with Gasteiger partial charge in [0.2, 0.25) is 0 Å². The molecule has 0 spiro atoms. The number of rotatable bonds is 8. The van der Waals surface area contributed by atoms with E-state index in [0.29, 0.717) is 43.1 Å². The molecule has 33 heavy (non-hydrogen) atoms. The Kier molecular flexibility index (Phi) is 8.43. The number of nitrogens with zero attached hydrogens (tertiary/aromatic N) is 2. The minimum atomic E-state index is -4.13. The van der Waals surface area contributed by atoms with Crippen molar-refractivity contribution >= 4 is 32.0 Å². The van der Waals surface area contributed by atoms with E-state index in [0.717, 1.165) is 10.5 Å². The second-order valence-corrected chi connectivity index (χ2v) is 10.5. The van der Waals surface area contributed by atoms with Gasteiger partial charge < -0.3 is 9.64 Å². The standard InChI is InChI=1S/C22H25BrF2N2O5S/c1-15-12-26(13-16-2-4-19(24)20(25)10-16)7-8-27(15)22(28)14-32-21-5-3-18(23)11-17(21)6-9-33(29,30)31/h2-5,10-11,15H,6-9,12-14H2,1H3,(H,29,30,31). The highest BCUT2D eigenvalue weighted by molar-refractivity contribution is 9.10. The number of carbonyl (C=O) groups is 1. The van der Waals surface area contributed by atoms with Gasteiger partial charge in [0.1, 0.15) is 5.75 Å². The average Bonchev–Trinajstić information content (AvgIpc) is 2.73. The summed E-state index contributed by atoms with van der Waals surface area (Å²) in [5.74, 6) is -2.05. The first kappa shape index (κ1) is 25.5. The van der Waals surface area contributed by atoms with Crippen LogP contribution in [0, 0.1) is 11.6 Å². The van der Waals surface area contributed by atoms with E-state index >= 15 is 0 Å². The maximum atomic E-state index is 13.5. The third-order valence-corrected chi connectivity index (χ3v) is 6.64. The summed E-state index contributed by atoms with van der Waals surface area (Å²) in [4.78, 5) is 16.6. The number of carbonyl (C=O) groups excluding carboxylic acids is 1. The van der Waals surface area contributed by atoms with Crippen molar-refractivity contribution in [2.45, 2.75) is 25.9 Å². The molecule has 1 atom stereocenters. The monoisotopic (exact) mass is 546 g/mol. The summed E-state index contributed by atoms with van der Waals surface area (Å²) in [5, 5.41) is 0. The van der Waals surface area contributed by atoms with Gasteiger partial charge in [-0.05, 0) is 54.8 Å². The van der Waals surface area contributed by atoms with E-state index in [1.807, 2.05) is 6.92 Å². The van der Waals surface area contributed by atoms with E-state index in [4.69, 9.17) is 9.29 Å². The topological polar surface area (TPSA) is 87.2 Å². The lowest BCUT2D eigenvalue weighted by molar-refractivity contribution is -0.138. The molecule has 0 bridgehead atoms. The van der Waals surface area contributed by atoms with Crippen LogP contribution in [-0.2, 0) is 27.9 Å². The van der Waals surface area contributed by atoms with Crippen molar-refractivity contribution in [3.05, 3.63) is 63.6 Å². The number of ether oxygens (including phenoxy) is 1. The summed E-state index contributed by atoms with van der Waals surface area (Å²) in [7, 11) is -4.13. The molecular weight excluding hydrogens is 522 g/mol. The largest absolute Gasteiger partial charge is 0.483 e. The quantitative estimate of drug-likeness (QED) is 0.511. The Labute approximate surface area is 200 Å². The number of benzene rings is 2. The van der Waals surface area contributed by atoms with Crippen LogP contribution in [0.5, 0.6) is 5.75 Å². The second-order valence-electron chi connectivity index (χ2n) is 8.00. The summed E-state index contributed by atoms with van der Waals surface area (Å²) < 4.78 is 64.2. The van der Waals surface area contributed by atoms with Crippen molar-refractivity contribution < 1.29 is 31.3 Å². The molecule has 1 aliphatic rings. The van der Waals surface area contributed by atoms with Crippen LogP contribution in [0.2, 0.25) is 0 Å². The third kappa shape index (κ3) is 7.46. The second kappa shape index (κ2) is 10.9. The number of hydrogen-bond acceptors (Lipinski definition) is 5. The van der Waals surface area contributed by atoms with Gasteiger partial charge in [-0.2, -0.15) is 8.42 Å². The highest BCUT2D eigenvalue weighted by Gasteiger charge is 2.28. The molecule has 1 unspecified atom stereocenters. The Morgan fingerprint density at radius 2 is 1.94 bits per heavy atom. The van der Waals surface area contributed by atoms with Crippen molar-refractivity contribution in [3.63, 3.8) is 0 Å². The molecule has 1 aliphatic heterocycles. The first-order valence-corrected chi connectivity index (χ1v) is 12.7. The van der Waals surface area contributed by atoms with Crippen molar-refractivity contribution in [3.8, 4) is 5.75 Å². The van der Waals surface area contributed by atoms with E-state index in [9.17, 15) is 22.0 Å². The van der Waals surface area contributed by atoms with Gasteiger partial charge in [0.15, 0.2) is 18.2 Å². The highest BCUT2D eigenvalue weighted by atomic mass is 79.9. The van der Waals surface area contributed by atoms with Crippen LogP contribution in [0.1, 0.15) is 18.1 Å². The molecule has 0 aromatic heterocycles. The highest BCUT2D eigenvalue weighted by Crippen LogP contribution is 2.24. The molecule has 7 nitrogen and oxygen atoms in total. The molecule has 1 N–H and O–H groups in total. The van der Waals surface area contributed by atoms with Crippen LogP contribution in [0.4, 0.5) is 8.78 Å². The fourth-order valence-electron chi connectivity index (χ4n) is 3.79. The van der Waals surface area contributed by atoms with Gasteiger partial charge in [-0.25, -0.2) is 8.78 Å². The Morgan fingerprint density at radius 1 is 1.18 bits per heavy atom. The third-order valence-electron chi connectivity index (χ3n) is 5.43. The Bertz CT molecular complexity index is 1120. The molecule has 11 heteroatoms. The maximum absolute atomic E-state index is 13.5. The van der Waals surface area contributed by atoms with Gasteiger partial charge in [0, 0.05) is 36.7 Å². The lowest BCUT2D eigenvalue weighted by Gasteiger charge is -2.40. The molecule has 0 aliphatic carbocycles. The van der Waals surface area contributed by atoms with Gasteiger partial charge in [-0.1, -0.05) is 22.0 Å². The smallest absolute Gasteiger partial charge is 0.265 e. The molecule has 2 aromatic rings. The summed E-state index contributed by atoms with van der Waals surface area (Å²) in [6.07, 6.45) is 0.0425. The summed E-state index contributed by atoms with van der Waals surface area (Å²) in [6.45, 7) is 3.76. The van der Waals surface area contributed by atoms with Gasteiger partial charge in [-0.15, -0.1) is 0 Å². The predicted octanol–water partition coefficient (Wildman–Crippen LogP) is 3.27. The summed E-state index contributed by atoms with van der Waals surface area (Å²) >= 11 is 3.32. The van der Waals surface area contributed by atoms with Crippen molar-refractivity contribution in [2.75, 3.05) is 32.0 Å². The molecule has 1 heterocycles. The van der Waals surface area contributed by atoms with Crippen molar-refractivity contribution in [1.82, 2.24) is 9.80 Å². The zero-order valence-corrected chi connectivity index (χ0v) is 20.4. The molecule has 1 saturated heterocycles. The predicted molar refractivity (Wildman–Crippen MR) is 123 cm³/mol. The zero-order chi connectivity index (χ0) is 24.2. The number of piperazine rings is 1. The molecular formula is C22H25BrF2N2O5S. The van der Waals surface area contributed by atoms with Crippen LogP contribution in [0.15, 0.2) is 40.9 Å². The van der Waals surface area contributed by atoms with Crippen molar-refractivity contribution in [1.29, 1.82) is 0 Å². The molecule has 180 valence electrons. The normalized spacial score (nSPS) is 17.2. The average molecular weight is 547 g/mol. The van der Waals surface area contributed by atoms with E-state index < -0.39 is 27.5 Å². The first-order valence-electron chi connectivity index (χ1n) is 10.3. The minimum absolute atomic E-state index is 0.0425. The van der Waals surface area contributed by atoms with Crippen LogP contribution in [0.3, 0.4) is 0 Å². The number of amides is 1. The molecule has 3 rings (SSSR count). The fourth-order valence-corrected chi connectivity index (χ4v) is 4.68. The van der Waals surface area contributed by atoms with E-state index in [-0.39, 0.29) is 25.0 Å². The van der Waals surface area contributed by atoms with Gasteiger partial charge >= 0.3 is 0 Å². The van der Waals surface area contributed by atoms with Gasteiger partial charge in [0.05, 0.1) is 5.75 Å². The molecule has 0 saturated carbocycles. The SMILES string of the molecule is CC1CN(Cc2ccc(F)c(F)c2)CCN1C(=O)COc1ccc(Br)cc1CCS(=O)(=O)O. The molecule has 1 amide bonds. The molecule has 0 radical (unpaired) electrons. The summed E-state index contributed by atoms with van der Waals surface area (Å²) in [5.41, 5.74) is 1.22. The van der Waals surface area contributed by atoms with E-state index in [1.54, 1.807) is 29.2 Å². The van der Waals surface area contributed by atoms with Crippen LogP contribution in [0.25, 0.3) is 0 Å². The number of aryl methyl sites for hydroxylation is 1. The number of halogens is 3. The summed E-state index contributed by atoms with van der Waals surface area (Å²) in [6, 6.07) is 8.78. The Morgan fingerprint density at radius 3 is 2.61 bits per heavy atom. The minimum Gasteiger partial charge on any atom is -0.483 e. The fraction of sp³-hybridized carbons (Fsp3) is 0.409. The van der Waals surface area contributed by atoms with Crippen molar-refractivity contribution in [2.24, 2.45) is 0 Å².